The molecule has 1 aromatic carbocycles. The average molecular weight is 446 g/mol. The Bertz CT molecular complexity index is 1030. The number of likely N-dealkylation sites (tertiary alicyclic amines) is 1. The molecule has 1 aliphatic rings. The first-order valence-corrected chi connectivity index (χ1v) is 10.7. The Kier molecular flexibility index (Phi) is 7.02. The number of fused-ring (bicyclic) bond motifs is 1. The van der Waals surface area contributed by atoms with Gasteiger partial charge < -0.3 is 19.5 Å². The molecule has 0 saturated carbocycles. The summed E-state index contributed by atoms with van der Waals surface area (Å²) in [6.07, 6.45) is 1.05. The number of hydrogen-bond acceptors (Lipinski definition) is 4. The van der Waals surface area contributed by atoms with Crippen molar-refractivity contribution in [2.75, 3.05) is 13.6 Å². The van der Waals surface area contributed by atoms with E-state index in [1.54, 1.807) is 24.1 Å². The van der Waals surface area contributed by atoms with Gasteiger partial charge in [-0.1, -0.05) is 26.8 Å². The lowest BCUT2D eigenvalue weighted by molar-refractivity contribution is -0.136. The molecule has 3 rings (SSSR count). The zero-order valence-electron chi connectivity index (χ0n) is 18.6. The van der Waals surface area contributed by atoms with Crippen LogP contribution in [0.4, 0.5) is 8.78 Å². The average Bonchev–Trinajstić information content (AvgIpc) is 3.34. The summed E-state index contributed by atoms with van der Waals surface area (Å²) >= 11 is 0. The minimum absolute atomic E-state index is 0.0341. The van der Waals surface area contributed by atoms with Crippen molar-refractivity contribution >= 4 is 22.7 Å². The molecule has 32 heavy (non-hydrogen) atoms. The minimum Gasteiger partial charge on any atom is -0.434 e. The van der Waals surface area contributed by atoms with E-state index in [0.29, 0.717) is 30.3 Å². The van der Waals surface area contributed by atoms with E-state index in [1.165, 1.54) is 17.0 Å². The van der Waals surface area contributed by atoms with Crippen LogP contribution in [0.5, 0.6) is 5.75 Å². The number of halogens is 2. The number of carbonyl (C=O) groups excluding carboxylic acids is 2. The molecule has 172 valence electrons. The van der Waals surface area contributed by atoms with Crippen LogP contribution in [0.3, 0.4) is 0 Å². The first-order valence-electron chi connectivity index (χ1n) is 10.7. The highest BCUT2D eigenvalue weighted by molar-refractivity contribution is 6.01. The van der Waals surface area contributed by atoms with Crippen LogP contribution in [0.2, 0.25) is 0 Å². The second-order valence-corrected chi connectivity index (χ2v) is 8.82. The highest BCUT2D eigenvalue weighted by Crippen LogP contribution is 2.29. The fraction of sp³-hybridized carbons (Fsp3) is 0.522. The lowest BCUT2D eigenvalue weighted by Gasteiger charge is -2.32. The first-order chi connectivity index (χ1) is 15.1. The van der Waals surface area contributed by atoms with E-state index in [9.17, 15) is 23.6 Å². The molecule has 2 amide bonds. The van der Waals surface area contributed by atoms with E-state index in [1.807, 2.05) is 20.8 Å². The number of benzene rings is 1. The normalized spacial score (nSPS) is 19.4. The second-order valence-electron chi connectivity index (χ2n) is 8.82. The maximum absolute atomic E-state index is 13.4. The molecule has 0 bridgehead atoms. The highest BCUT2D eigenvalue weighted by Gasteiger charge is 2.39. The number of nitriles is 1. The number of ether oxygens (including phenoxy) is 1. The predicted molar refractivity (Wildman–Crippen MR) is 115 cm³/mol. The summed E-state index contributed by atoms with van der Waals surface area (Å²) in [5, 5.41) is 9.82. The molecule has 0 aliphatic carbocycles. The van der Waals surface area contributed by atoms with Gasteiger partial charge in [0.2, 0.25) is 5.91 Å². The molecule has 9 heteroatoms. The second kappa shape index (κ2) is 9.55. The van der Waals surface area contributed by atoms with Gasteiger partial charge in [-0.15, -0.1) is 0 Å². The minimum atomic E-state index is -2.98. The quantitative estimate of drug-likeness (QED) is 0.696. The summed E-state index contributed by atoms with van der Waals surface area (Å²) in [4.78, 5) is 32.5. The summed E-state index contributed by atoms with van der Waals surface area (Å²) in [6, 6.07) is 7.02. The molecular formula is C23H28F2N4O3. The van der Waals surface area contributed by atoms with Gasteiger partial charge in [0, 0.05) is 24.5 Å². The van der Waals surface area contributed by atoms with Crippen molar-refractivity contribution in [2.24, 2.45) is 11.8 Å². The molecule has 1 aliphatic heterocycles. The van der Waals surface area contributed by atoms with Crippen LogP contribution in [-0.2, 0) is 4.79 Å². The van der Waals surface area contributed by atoms with Crippen LogP contribution < -0.4 is 4.74 Å². The van der Waals surface area contributed by atoms with Crippen LogP contribution in [-0.4, -0.2) is 58.9 Å². The Hall–Kier alpha value is -3.15. The van der Waals surface area contributed by atoms with E-state index in [0.717, 1.165) is 0 Å². The molecule has 1 N–H and O–H groups in total. The molecule has 3 atom stereocenters. The maximum atomic E-state index is 13.4. The standard InChI is InChI=1S/C23H28F2N4O3/c1-13(2)8-19(22(31)29-12-14(3)9-15(29)11-26)28(4)21(30)18-10-16-17(27-18)6-5-7-20(16)32-23(24)25/h5-7,10,13-15,19,23,27H,8-9,12H2,1-4H3. The largest absolute Gasteiger partial charge is 0.434 e. The number of rotatable bonds is 7. The van der Waals surface area contributed by atoms with Gasteiger partial charge in [0.1, 0.15) is 23.5 Å². The zero-order valence-corrected chi connectivity index (χ0v) is 18.6. The maximum Gasteiger partial charge on any atom is 0.387 e. The Balaban J connectivity index is 1.89. The zero-order chi connectivity index (χ0) is 23.6. The van der Waals surface area contributed by atoms with E-state index in [4.69, 9.17) is 0 Å². The summed E-state index contributed by atoms with van der Waals surface area (Å²) in [5.74, 6) is -0.375. The van der Waals surface area contributed by atoms with Gasteiger partial charge in [-0.25, -0.2) is 0 Å². The molecule has 3 unspecified atom stereocenters. The molecule has 1 fully saturated rings. The van der Waals surface area contributed by atoms with E-state index >= 15 is 0 Å². The lowest BCUT2D eigenvalue weighted by Crippen LogP contribution is -2.51. The summed E-state index contributed by atoms with van der Waals surface area (Å²) in [5.41, 5.74) is 0.644. The van der Waals surface area contributed by atoms with Crippen molar-refractivity contribution in [3.8, 4) is 11.8 Å². The SMILES string of the molecule is CC(C)CC(C(=O)N1CC(C)CC1C#N)N(C)C(=O)c1cc2c(OC(F)F)cccc2[nH]1. The summed E-state index contributed by atoms with van der Waals surface area (Å²) in [7, 11) is 1.55. The van der Waals surface area contributed by atoms with Gasteiger partial charge in [0.15, 0.2) is 0 Å². The van der Waals surface area contributed by atoms with Crippen molar-refractivity contribution in [3.63, 3.8) is 0 Å². The third-order valence-electron chi connectivity index (χ3n) is 5.78. The van der Waals surface area contributed by atoms with Crippen LogP contribution in [0.25, 0.3) is 10.9 Å². The number of nitrogens with zero attached hydrogens (tertiary/aromatic N) is 3. The fourth-order valence-electron chi connectivity index (χ4n) is 4.25. The van der Waals surface area contributed by atoms with Crippen molar-refractivity contribution in [1.29, 1.82) is 5.26 Å². The van der Waals surface area contributed by atoms with Gasteiger partial charge >= 0.3 is 6.61 Å². The van der Waals surface area contributed by atoms with Crippen molar-refractivity contribution in [3.05, 3.63) is 30.0 Å². The molecule has 0 spiro atoms. The van der Waals surface area contributed by atoms with Crippen LogP contribution >= 0.6 is 0 Å². The Morgan fingerprint density at radius 1 is 1.38 bits per heavy atom. The van der Waals surface area contributed by atoms with Crippen LogP contribution in [0.1, 0.15) is 44.1 Å². The Labute approximate surface area is 185 Å². The number of carbonyl (C=O) groups is 2. The number of aromatic amines is 1. The molecule has 0 radical (unpaired) electrons. The number of hydrogen-bond donors (Lipinski definition) is 1. The van der Waals surface area contributed by atoms with Crippen LogP contribution in [0.15, 0.2) is 24.3 Å². The number of H-pyrrole nitrogens is 1. The van der Waals surface area contributed by atoms with Crippen molar-refractivity contribution < 1.29 is 23.1 Å². The number of likely N-dealkylation sites (N-methyl/N-ethyl adjacent to an activating group) is 1. The van der Waals surface area contributed by atoms with Crippen LogP contribution in [0, 0.1) is 23.2 Å². The third-order valence-corrected chi connectivity index (χ3v) is 5.78. The third kappa shape index (κ3) is 4.85. The molecule has 2 aromatic rings. The number of alkyl halides is 2. The number of amides is 2. The molecule has 7 nitrogen and oxygen atoms in total. The lowest BCUT2D eigenvalue weighted by atomic mass is 10.0. The highest BCUT2D eigenvalue weighted by atomic mass is 19.3. The van der Waals surface area contributed by atoms with Gasteiger partial charge in [-0.3, -0.25) is 9.59 Å². The van der Waals surface area contributed by atoms with Gasteiger partial charge in [-0.05, 0) is 42.9 Å². The van der Waals surface area contributed by atoms with E-state index in [-0.39, 0.29) is 29.2 Å². The Morgan fingerprint density at radius 2 is 2.09 bits per heavy atom. The van der Waals surface area contributed by atoms with Gasteiger partial charge in [0.25, 0.3) is 5.91 Å². The number of nitrogens with one attached hydrogen (secondary N) is 1. The van der Waals surface area contributed by atoms with E-state index < -0.39 is 24.6 Å². The molecule has 1 aromatic heterocycles. The summed E-state index contributed by atoms with van der Waals surface area (Å²) < 4.78 is 30.0. The number of aromatic nitrogens is 1. The fourth-order valence-corrected chi connectivity index (χ4v) is 4.25. The topological polar surface area (TPSA) is 89.4 Å². The van der Waals surface area contributed by atoms with Gasteiger partial charge in [0.05, 0.1) is 6.07 Å². The first kappa shape index (κ1) is 23.5. The van der Waals surface area contributed by atoms with Crippen molar-refractivity contribution in [2.45, 2.75) is 52.3 Å². The van der Waals surface area contributed by atoms with Gasteiger partial charge in [-0.2, -0.15) is 14.0 Å². The monoisotopic (exact) mass is 446 g/mol. The Morgan fingerprint density at radius 3 is 2.72 bits per heavy atom. The summed E-state index contributed by atoms with van der Waals surface area (Å²) in [6.45, 7) is 3.41. The molecule has 1 saturated heterocycles. The van der Waals surface area contributed by atoms with E-state index in [2.05, 4.69) is 15.8 Å². The molecule has 2 heterocycles. The predicted octanol–water partition coefficient (Wildman–Crippen LogP) is 4.02. The smallest absolute Gasteiger partial charge is 0.387 e. The van der Waals surface area contributed by atoms with Crippen molar-refractivity contribution in [1.82, 2.24) is 14.8 Å². The molecular weight excluding hydrogens is 418 g/mol.